The van der Waals surface area contributed by atoms with Crippen molar-refractivity contribution in [1.29, 1.82) is 0 Å². The summed E-state index contributed by atoms with van der Waals surface area (Å²) in [5.74, 6) is -0.626. The Morgan fingerprint density at radius 2 is 1.32 bits per heavy atom. The van der Waals surface area contributed by atoms with Crippen LogP contribution in [-0.4, -0.2) is 84.9 Å². The van der Waals surface area contributed by atoms with E-state index in [4.69, 9.17) is 0 Å². The molecule has 3 rings (SSSR count). The molecule has 0 spiro atoms. The Morgan fingerprint density at radius 1 is 0.789 bits per heavy atom. The highest BCUT2D eigenvalue weighted by Gasteiger charge is 2.34. The molecule has 6 heteroatoms. The van der Waals surface area contributed by atoms with Gasteiger partial charge in [-0.2, -0.15) is 0 Å². The fourth-order valence-electron chi connectivity index (χ4n) is 2.87. The van der Waals surface area contributed by atoms with Crippen molar-refractivity contribution in [2.75, 3.05) is 52.4 Å². The molecule has 0 atom stereocenters. The first-order chi connectivity index (χ1) is 9.25. The SMILES string of the molecule is O=C(C(=O)N1CCN(C2CC2)CC1)N1CCNCC1. The minimum atomic E-state index is -0.318. The fraction of sp³-hybridized carbons (Fsp3) is 0.846. The van der Waals surface area contributed by atoms with Gasteiger partial charge in [-0.25, -0.2) is 0 Å². The minimum absolute atomic E-state index is 0.308. The first-order valence-corrected chi connectivity index (χ1v) is 7.28. The second-order valence-corrected chi connectivity index (χ2v) is 5.60. The van der Waals surface area contributed by atoms with Crippen molar-refractivity contribution in [3.63, 3.8) is 0 Å². The molecule has 3 aliphatic rings. The molecule has 3 fully saturated rings. The van der Waals surface area contributed by atoms with Crippen molar-refractivity contribution in [3.05, 3.63) is 0 Å². The summed E-state index contributed by atoms with van der Waals surface area (Å²) in [5, 5.41) is 3.19. The molecule has 0 aromatic heterocycles. The fourth-order valence-corrected chi connectivity index (χ4v) is 2.87. The highest BCUT2D eigenvalue weighted by atomic mass is 16.2. The maximum atomic E-state index is 12.2. The molecule has 0 radical (unpaired) electrons. The van der Waals surface area contributed by atoms with E-state index in [1.54, 1.807) is 9.80 Å². The van der Waals surface area contributed by atoms with Crippen LogP contribution in [0.15, 0.2) is 0 Å². The van der Waals surface area contributed by atoms with Crippen molar-refractivity contribution < 1.29 is 9.59 Å². The molecule has 1 N–H and O–H groups in total. The quantitative estimate of drug-likeness (QED) is 0.601. The molecule has 0 aromatic rings. The average Bonchev–Trinajstić information content (AvgIpc) is 3.31. The number of carbonyl (C=O) groups excluding carboxylic acids is 2. The van der Waals surface area contributed by atoms with Gasteiger partial charge in [-0.05, 0) is 12.8 Å². The van der Waals surface area contributed by atoms with Crippen molar-refractivity contribution >= 4 is 11.8 Å². The lowest BCUT2D eigenvalue weighted by molar-refractivity contribution is -0.153. The first kappa shape index (κ1) is 12.9. The van der Waals surface area contributed by atoms with Crippen molar-refractivity contribution in [2.45, 2.75) is 18.9 Å². The van der Waals surface area contributed by atoms with E-state index in [0.29, 0.717) is 26.2 Å². The molecule has 1 aliphatic carbocycles. The maximum Gasteiger partial charge on any atom is 0.312 e. The standard InChI is InChI=1S/C13H22N4O2/c18-12(16-5-3-14-4-6-16)13(19)17-9-7-15(8-10-17)11-1-2-11/h11,14H,1-10H2. The normalized spacial score (nSPS) is 25.5. The number of hydrogen-bond donors (Lipinski definition) is 1. The van der Waals surface area contributed by atoms with Gasteiger partial charge in [0.15, 0.2) is 0 Å². The summed E-state index contributed by atoms with van der Waals surface area (Å²) in [5.41, 5.74) is 0. The second-order valence-electron chi connectivity index (χ2n) is 5.60. The molecule has 19 heavy (non-hydrogen) atoms. The molecule has 106 valence electrons. The van der Waals surface area contributed by atoms with E-state index < -0.39 is 0 Å². The van der Waals surface area contributed by atoms with Crippen LogP contribution in [-0.2, 0) is 9.59 Å². The van der Waals surface area contributed by atoms with Crippen molar-refractivity contribution in [1.82, 2.24) is 20.0 Å². The van der Waals surface area contributed by atoms with Crippen molar-refractivity contribution in [2.24, 2.45) is 0 Å². The van der Waals surface area contributed by atoms with Crippen LogP contribution in [0, 0.1) is 0 Å². The number of piperazine rings is 2. The zero-order valence-electron chi connectivity index (χ0n) is 11.3. The maximum absolute atomic E-state index is 12.2. The van der Waals surface area contributed by atoms with Gasteiger partial charge in [0.25, 0.3) is 0 Å². The topological polar surface area (TPSA) is 55.9 Å². The Kier molecular flexibility index (Phi) is 3.70. The highest BCUT2D eigenvalue weighted by molar-refractivity contribution is 6.34. The lowest BCUT2D eigenvalue weighted by atomic mass is 10.2. The van der Waals surface area contributed by atoms with Gasteiger partial charge in [0.2, 0.25) is 0 Å². The van der Waals surface area contributed by atoms with E-state index in [0.717, 1.165) is 32.2 Å². The van der Waals surface area contributed by atoms with Crippen LogP contribution in [0.4, 0.5) is 0 Å². The van der Waals surface area contributed by atoms with E-state index in [-0.39, 0.29) is 11.8 Å². The predicted molar refractivity (Wildman–Crippen MR) is 70.6 cm³/mol. The van der Waals surface area contributed by atoms with Crippen LogP contribution in [0.3, 0.4) is 0 Å². The summed E-state index contributed by atoms with van der Waals surface area (Å²) in [6, 6.07) is 0.751. The van der Waals surface area contributed by atoms with Crippen LogP contribution in [0.1, 0.15) is 12.8 Å². The smallest absolute Gasteiger partial charge is 0.312 e. The summed E-state index contributed by atoms with van der Waals surface area (Å²) in [6.07, 6.45) is 2.60. The summed E-state index contributed by atoms with van der Waals surface area (Å²) >= 11 is 0. The molecule has 0 aromatic carbocycles. The number of rotatable bonds is 1. The minimum Gasteiger partial charge on any atom is -0.332 e. The highest BCUT2D eigenvalue weighted by Crippen LogP contribution is 2.27. The lowest BCUT2D eigenvalue weighted by Crippen LogP contribution is -2.56. The number of nitrogens with one attached hydrogen (secondary N) is 1. The largest absolute Gasteiger partial charge is 0.332 e. The van der Waals surface area contributed by atoms with Gasteiger partial charge in [0, 0.05) is 58.4 Å². The summed E-state index contributed by atoms with van der Waals surface area (Å²) in [7, 11) is 0. The second kappa shape index (κ2) is 5.46. The van der Waals surface area contributed by atoms with Crippen LogP contribution in [0.5, 0.6) is 0 Å². The molecule has 6 nitrogen and oxygen atoms in total. The average molecular weight is 266 g/mol. The Labute approximate surface area is 113 Å². The third-order valence-corrected chi connectivity index (χ3v) is 4.25. The third kappa shape index (κ3) is 2.90. The van der Waals surface area contributed by atoms with Crippen LogP contribution >= 0.6 is 0 Å². The van der Waals surface area contributed by atoms with Gasteiger partial charge in [-0.15, -0.1) is 0 Å². The Balaban J connectivity index is 1.50. The number of hydrogen-bond acceptors (Lipinski definition) is 4. The van der Waals surface area contributed by atoms with Gasteiger partial charge in [0.05, 0.1) is 0 Å². The lowest BCUT2D eigenvalue weighted by Gasteiger charge is -2.36. The van der Waals surface area contributed by atoms with E-state index in [9.17, 15) is 9.59 Å². The molecule has 1 saturated carbocycles. The van der Waals surface area contributed by atoms with E-state index >= 15 is 0 Å². The Morgan fingerprint density at radius 3 is 1.84 bits per heavy atom. The summed E-state index contributed by atoms with van der Waals surface area (Å²) in [6.45, 7) is 6.11. The number of amides is 2. The molecule has 2 amide bonds. The van der Waals surface area contributed by atoms with Gasteiger partial charge in [-0.3, -0.25) is 14.5 Å². The third-order valence-electron chi connectivity index (χ3n) is 4.25. The predicted octanol–water partition coefficient (Wildman–Crippen LogP) is -1.28. The van der Waals surface area contributed by atoms with E-state index in [2.05, 4.69) is 10.2 Å². The zero-order chi connectivity index (χ0) is 13.2. The van der Waals surface area contributed by atoms with Crippen LogP contribution in [0.2, 0.25) is 0 Å². The summed E-state index contributed by atoms with van der Waals surface area (Å²) in [4.78, 5) is 30.1. The molecule has 2 saturated heterocycles. The molecule has 0 unspecified atom stereocenters. The van der Waals surface area contributed by atoms with E-state index in [1.165, 1.54) is 12.8 Å². The molecule has 2 aliphatic heterocycles. The van der Waals surface area contributed by atoms with Gasteiger partial charge in [0.1, 0.15) is 0 Å². The molecule has 2 heterocycles. The molecular formula is C13H22N4O2. The van der Waals surface area contributed by atoms with Crippen LogP contribution in [0.25, 0.3) is 0 Å². The Bertz CT molecular complexity index is 356. The number of nitrogens with zero attached hydrogens (tertiary/aromatic N) is 3. The summed E-state index contributed by atoms with van der Waals surface area (Å²) < 4.78 is 0. The van der Waals surface area contributed by atoms with E-state index in [1.807, 2.05) is 0 Å². The monoisotopic (exact) mass is 266 g/mol. The Hall–Kier alpha value is -1.14. The molecule has 0 bridgehead atoms. The van der Waals surface area contributed by atoms with Gasteiger partial charge < -0.3 is 15.1 Å². The van der Waals surface area contributed by atoms with Crippen LogP contribution < -0.4 is 5.32 Å². The zero-order valence-corrected chi connectivity index (χ0v) is 11.3. The van der Waals surface area contributed by atoms with Gasteiger partial charge >= 0.3 is 11.8 Å². The first-order valence-electron chi connectivity index (χ1n) is 7.28. The number of carbonyl (C=O) groups is 2. The van der Waals surface area contributed by atoms with Crippen molar-refractivity contribution in [3.8, 4) is 0 Å². The van der Waals surface area contributed by atoms with Gasteiger partial charge in [-0.1, -0.05) is 0 Å². The molecular weight excluding hydrogens is 244 g/mol.